The lowest BCUT2D eigenvalue weighted by Crippen LogP contribution is -2.30. The molecule has 78 heavy (non-hydrogen) atoms. The van der Waals surface area contributed by atoms with Crippen molar-refractivity contribution in [3.05, 3.63) is 82.4 Å². The van der Waals surface area contributed by atoms with Crippen molar-refractivity contribution >= 4 is 42.9 Å². The van der Waals surface area contributed by atoms with Gasteiger partial charge in [-0.3, -0.25) is 9.13 Å². The molecule has 6 aromatic heterocycles. The first-order chi connectivity index (χ1) is 37.5. The SMILES string of the molecule is COc1ncnc(OC)c1-n1c(CS(=O)(=O)[C@@H](C)[C@H](OC)c2ncc(Cl)cn2)nnc1[C@@H]1CC12CCOCC2.COc1ncnc(OC)c1-n1c(CS(=O)(=O)[C@@H](C)[C@H](OC)c2ncc(Cl)cn2)nnc1[C@H]1CC12CCOCC2. The molecule has 0 unspecified atom stereocenters. The predicted octanol–water partition coefficient (Wildman–Crippen LogP) is 4.99. The molecule has 0 N–H and O–H groups in total. The summed E-state index contributed by atoms with van der Waals surface area (Å²) >= 11 is 11.8. The van der Waals surface area contributed by atoms with E-state index in [4.69, 9.17) is 61.1 Å². The zero-order chi connectivity index (χ0) is 55.6. The first kappa shape index (κ1) is 56.8. The molecule has 6 atom stereocenters. The summed E-state index contributed by atoms with van der Waals surface area (Å²) < 4.78 is 103. The molecule has 420 valence electrons. The highest BCUT2D eigenvalue weighted by Gasteiger charge is 2.59. The Morgan fingerprint density at radius 2 is 0.859 bits per heavy atom. The van der Waals surface area contributed by atoms with E-state index >= 15 is 0 Å². The molecule has 6 aromatic rings. The van der Waals surface area contributed by atoms with E-state index in [-0.39, 0.29) is 69.5 Å². The Morgan fingerprint density at radius 3 is 1.15 bits per heavy atom. The number of nitrogens with zero attached hydrogens (tertiary/aromatic N) is 14. The summed E-state index contributed by atoms with van der Waals surface area (Å²) in [6.07, 6.45) is 11.7. The smallest absolute Gasteiger partial charge is 0.245 e. The fraction of sp³-hybridized carbons (Fsp3) is 0.583. The summed E-state index contributed by atoms with van der Waals surface area (Å²) in [6, 6.07) is 0. The van der Waals surface area contributed by atoms with Gasteiger partial charge in [0.05, 0.1) is 49.0 Å². The van der Waals surface area contributed by atoms with Crippen LogP contribution in [0, 0.1) is 10.8 Å². The van der Waals surface area contributed by atoms with E-state index in [1.54, 1.807) is 23.0 Å². The van der Waals surface area contributed by atoms with E-state index in [9.17, 15) is 16.8 Å². The number of hydrogen-bond acceptors (Lipinski definition) is 24. The van der Waals surface area contributed by atoms with Crippen LogP contribution in [0.4, 0.5) is 0 Å². The highest BCUT2D eigenvalue weighted by atomic mass is 35.5. The van der Waals surface area contributed by atoms with Gasteiger partial charge in [0.25, 0.3) is 0 Å². The summed E-state index contributed by atoms with van der Waals surface area (Å²) in [7, 11) is 0.945. The number of rotatable bonds is 20. The van der Waals surface area contributed by atoms with Gasteiger partial charge in [-0.2, -0.15) is 19.9 Å². The van der Waals surface area contributed by atoms with Gasteiger partial charge in [-0.1, -0.05) is 23.2 Å². The zero-order valence-corrected chi connectivity index (χ0v) is 47.3. The van der Waals surface area contributed by atoms with Crippen molar-refractivity contribution in [2.75, 3.05) is 69.1 Å². The predicted molar refractivity (Wildman–Crippen MR) is 278 cm³/mol. The molecule has 2 saturated heterocycles. The van der Waals surface area contributed by atoms with Crippen LogP contribution < -0.4 is 18.9 Å². The molecule has 10 rings (SSSR count). The topological polar surface area (TPSA) is 307 Å². The summed E-state index contributed by atoms with van der Waals surface area (Å²) in [6.45, 7) is 5.80. The molecule has 0 aromatic carbocycles. The maximum Gasteiger partial charge on any atom is 0.245 e. The Kier molecular flexibility index (Phi) is 17.1. The van der Waals surface area contributed by atoms with Gasteiger partial charge in [0, 0.05) is 77.3 Å². The van der Waals surface area contributed by atoms with Crippen LogP contribution in [0.15, 0.2) is 37.4 Å². The number of methoxy groups -OCH3 is 6. The third-order valence-corrected chi connectivity index (χ3v) is 19.6. The third kappa shape index (κ3) is 11.3. The second-order valence-corrected chi connectivity index (χ2v) is 25.0. The molecule has 0 amide bonds. The Bertz CT molecular complexity index is 3030. The van der Waals surface area contributed by atoms with Crippen molar-refractivity contribution in [3.63, 3.8) is 0 Å². The van der Waals surface area contributed by atoms with Gasteiger partial charge in [-0.15, -0.1) is 20.4 Å². The van der Waals surface area contributed by atoms with Crippen molar-refractivity contribution in [2.45, 2.75) is 98.4 Å². The van der Waals surface area contributed by atoms with Gasteiger partial charge in [-0.25, -0.2) is 36.8 Å². The van der Waals surface area contributed by atoms with Crippen LogP contribution in [-0.2, 0) is 50.1 Å². The van der Waals surface area contributed by atoms with Gasteiger partial charge in [-0.05, 0) is 63.2 Å². The minimum atomic E-state index is -3.88. The first-order valence-electron chi connectivity index (χ1n) is 24.8. The van der Waals surface area contributed by atoms with Crippen LogP contribution in [0.5, 0.6) is 23.5 Å². The minimum absolute atomic E-state index is 0.0373. The molecule has 2 aliphatic heterocycles. The fourth-order valence-electron chi connectivity index (χ4n) is 10.5. The van der Waals surface area contributed by atoms with E-state index in [1.165, 1.54) is 80.1 Å². The van der Waals surface area contributed by atoms with E-state index in [1.807, 2.05) is 0 Å². The quantitative estimate of drug-likeness (QED) is 0.0972. The Morgan fingerprint density at radius 1 is 0.538 bits per heavy atom. The highest BCUT2D eigenvalue weighted by molar-refractivity contribution is 7.91. The van der Waals surface area contributed by atoms with Crippen LogP contribution in [0.2, 0.25) is 10.0 Å². The second kappa shape index (κ2) is 23.4. The average Bonchev–Trinajstić information content (AvgIpc) is 4.34. The highest BCUT2D eigenvalue weighted by Crippen LogP contribution is 2.66. The molecular formula is C48H60Cl2N14O12S2. The lowest BCUT2D eigenvalue weighted by atomic mass is 9.93. The Labute approximate surface area is 460 Å². The van der Waals surface area contributed by atoms with E-state index in [0.29, 0.717) is 59.5 Å². The maximum absolute atomic E-state index is 13.8. The fourth-order valence-corrected chi connectivity index (χ4v) is 13.5. The van der Waals surface area contributed by atoms with E-state index in [2.05, 4.69) is 60.3 Å². The molecule has 2 saturated carbocycles. The van der Waals surface area contributed by atoms with Crippen LogP contribution in [-0.4, -0.2) is 166 Å². The number of aromatic nitrogens is 14. The van der Waals surface area contributed by atoms with Gasteiger partial charge in [0.15, 0.2) is 54.3 Å². The lowest BCUT2D eigenvalue weighted by molar-refractivity contribution is 0.0551. The van der Waals surface area contributed by atoms with Crippen molar-refractivity contribution in [2.24, 2.45) is 10.8 Å². The standard InChI is InChI=1S/2C24H30ClN7O6S/c2*1-14(19(35-2)20-26-10-15(25)11-27-20)39(33,34)12-17-30-31-21(16-9-24(16)5-7-38-8-6-24)32(17)18-22(36-3)28-13-29-23(18)37-4/h2*10-11,13-14,16,19H,5-9,12H2,1-4H3/t14-,16+,19-;14-,16-,19-/m00/s1. The molecule has 0 radical (unpaired) electrons. The zero-order valence-electron chi connectivity index (χ0n) is 44.1. The Hall–Kier alpha value is -5.88. The summed E-state index contributed by atoms with van der Waals surface area (Å²) in [5, 5.41) is 16.4. The molecular weight excluding hydrogens is 1100 g/mol. The van der Waals surface area contributed by atoms with Crippen LogP contribution >= 0.6 is 23.2 Å². The largest absolute Gasteiger partial charge is 0.479 e. The second-order valence-electron chi connectivity index (χ2n) is 19.4. The molecule has 0 bridgehead atoms. The summed E-state index contributed by atoms with van der Waals surface area (Å²) in [4.78, 5) is 33.6. The monoisotopic (exact) mass is 1160 g/mol. The number of sulfone groups is 2. The lowest BCUT2D eigenvalue weighted by Gasteiger charge is -2.23. The molecule has 2 spiro atoms. The van der Waals surface area contributed by atoms with Crippen LogP contribution in [0.3, 0.4) is 0 Å². The normalized spacial score (nSPS) is 20.0. The molecule has 4 fully saturated rings. The molecule has 26 nitrogen and oxygen atoms in total. The maximum atomic E-state index is 13.8. The Balaban J connectivity index is 0.000000190. The summed E-state index contributed by atoms with van der Waals surface area (Å²) in [5.41, 5.74) is 0.767. The van der Waals surface area contributed by atoms with Gasteiger partial charge in [0.2, 0.25) is 23.5 Å². The molecule has 4 aliphatic rings. The van der Waals surface area contributed by atoms with Crippen LogP contribution in [0.25, 0.3) is 11.4 Å². The van der Waals surface area contributed by atoms with E-state index < -0.39 is 53.9 Å². The number of ether oxygens (including phenoxy) is 8. The minimum Gasteiger partial charge on any atom is -0.479 e. The number of halogens is 2. The third-order valence-electron chi connectivity index (χ3n) is 15.2. The van der Waals surface area contributed by atoms with Crippen molar-refractivity contribution in [1.82, 2.24) is 69.4 Å². The van der Waals surface area contributed by atoms with Gasteiger partial charge >= 0.3 is 0 Å². The first-order valence-corrected chi connectivity index (χ1v) is 29.0. The summed E-state index contributed by atoms with van der Waals surface area (Å²) in [5.74, 6) is 2.08. The molecule has 2 aliphatic carbocycles. The van der Waals surface area contributed by atoms with Crippen molar-refractivity contribution in [1.29, 1.82) is 0 Å². The van der Waals surface area contributed by atoms with Gasteiger partial charge in [0.1, 0.15) is 48.0 Å². The van der Waals surface area contributed by atoms with Crippen molar-refractivity contribution < 1.29 is 54.7 Å². The van der Waals surface area contributed by atoms with Crippen LogP contribution in [0.1, 0.15) is 111 Å². The van der Waals surface area contributed by atoms with E-state index in [0.717, 1.165) is 38.5 Å². The number of hydrogen-bond donors (Lipinski definition) is 0. The van der Waals surface area contributed by atoms with Gasteiger partial charge < -0.3 is 37.9 Å². The van der Waals surface area contributed by atoms with Crippen molar-refractivity contribution in [3.8, 4) is 34.9 Å². The molecule has 8 heterocycles. The molecule has 30 heteroatoms. The average molecular weight is 1160 g/mol.